The lowest BCUT2D eigenvalue weighted by Crippen LogP contribution is -2.35. The maximum Gasteiger partial charge on any atom is 0.277 e. The summed E-state index contributed by atoms with van der Waals surface area (Å²) >= 11 is 0. The first kappa shape index (κ1) is 19.5. The van der Waals surface area contributed by atoms with Crippen LogP contribution >= 0.6 is 0 Å². The van der Waals surface area contributed by atoms with Crippen molar-refractivity contribution in [1.29, 1.82) is 0 Å². The Morgan fingerprint density at radius 3 is 2.68 bits per heavy atom. The third kappa shape index (κ3) is 3.45. The van der Waals surface area contributed by atoms with Gasteiger partial charge in [-0.2, -0.15) is 5.10 Å². The predicted octanol–water partition coefficient (Wildman–Crippen LogP) is 1.94. The summed E-state index contributed by atoms with van der Waals surface area (Å²) in [5.74, 6) is 1.03. The molecule has 0 saturated heterocycles. The van der Waals surface area contributed by atoms with Gasteiger partial charge in [0.05, 0.1) is 19.9 Å². The Balaban J connectivity index is 1.80. The Morgan fingerprint density at radius 1 is 1.25 bits per heavy atom. The highest BCUT2D eigenvalue weighted by Gasteiger charge is 2.19. The molecule has 1 aromatic carbocycles. The summed E-state index contributed by atoms with van der Waals surface area (Å²) in [5, 5.41) is 7.94. The number of carbonyl (C=O) groups is 1. The Morgan fingerprint density at radius 2 is 2.00 bits per heavy atom. The van der Waals surface area contributed by atoms with Crippen molar-refractivity contribution < 1.29 is 14.3 Å². The monoisotopic (exact) mass is 384 g/mol. The minimum Gasteiger partial charge on any atom is -0.497 e. The van der Waals surface area contributed by atoms with Crippen LogP contribution < -0.4 is 20.3 Å². The van der Waals surface area contributed by atoms with Crippen molar-refractivity contribution >= 4 is 16.8 Å². The summed E-state index contributed by atoms with van der Waals surface area (Å²) in [5.41, 5.74) is 1.83. The second kappa shape index (κ2) is 7.75. The van der Waals surface area contributed by atoms with Gasteiger partial charge in [-0.3, -0.25) is 14.3 Å². The van der Waals surface area contributed by atoms with E-state index in [9.17, 15) is 9.59 Å². The Labute approximate surface area is 162 Å². The van der Waals surface area contributed by atoms with Crippen LogP contribution in [0.5, 0.6) is 11.5 Å². The van der Waals surface area contributed by atoms with Crippen LogP contribution in [0.4, 0.5) is 0 Å². The number of nitrogens with zero attached hydrogens (tertiary/aromatic N) is 3. The van der Waals surface area contributed by atoms with Crippen molar-refractivity contribution in [3.05, 3.63) is 52.1 Å². The highest BCUT2D eigenvalue weighted by atomic mass is 16.5. The molecule has 3 aromatic rings. The van der Waals surface area contributed by atoms with E-state index in [0.29, 0.717) is 17.0 Å². The van der Waals surface area contributed by atoms with Crippen LogP contribution in [0.15, 0.2) is 35.3 Å². The minimum atomic E-state index is -0.670. The number of aryl methyl sites for hydroxylation is 2. The molecule has 0 fully saturated rings. The van der Waals surface area contributed by atoms with Gasteiger partial charge in [-0.15, -0.1) is 0 Å². The molecule has 1 unspecified atom stereocenters. The summed E-state index contributed by atoms with van der Waals surface area (Å²) in [4.78, 5) is 25.5. The zero-order chi connectivity index (χ0) is 20.4. The first-order valence-electron chi connectivity index (χ1n) is 8.90. The number of hydrogen-bond donors (Lipinski definition) is 1. The Hall–Kier alpha value is -3.29. The average molecular weight is 384 g/mol. The predicted molar refractivity (Wildman–Crippen MR) is 106 cm³/mol. The van der Waals surface area contributed by atoms with E-state index in [4.69, 9.17) is 9.47 Å². The molecular formula is C20H24N4O4. The van der Waals surface area contributed by atoms with E-state index in [1.807, 2.05) is 19.1 Å². The zero-order valence-electron chi connectivity index (χ0n) is 16.6. The smallest absolute Gasteiger partial charge is 0.277 e. The fourth-order valence-electron chi connectivity index (χ4n) is 3.23. The van der Waals surface area contributed by atoms with E-state index in [2.05, 4.69) is 10.4 Å². The molecule has 0 radical (unpaired) electrons. The molecule has 8 heteroatoms. The van der Waals surface area contributed by atoms with Crippen LogP contribution in [0.3, 0.4) is 0 Å². The summed E-state index contributed by atoms with van der Waals surface area (Å²) < 4.78 is 13.5. The van der Waals surface area contributed by atoms with Crippen molar-refractivity contribution in [2.24, 2.45) is 7.05 Å². The summed E-state index contributed by atoms with van der Waals surface area (Å²) in [6, 6.07) is 6.54. The van der Waals surface area contributed by atoms with Crippen molar-refractivity contribution in [3.8, 4) is 11.5 Å². The van der Waals surface area contributed by atoms with Crippen molar-refractivity contribution in [1.82, 2.24) is 19.7 Å². The molecule has 28 heavy (non-hydrogen) atoms. The minimum absolute atomic E-state index is 0.245. The van der Waals surface area contributed by atoms with Crippen molar-refractivity contribution in [2.45, 2.75) is 26.4 Å². The fraction of sp³-hybridized carbons (Fsp3) is 0.350. The first-order valence-corrected chi connectivity index (χ1v) is 8.90. The molecule has 2 aromatic heterocycles. The van der Waals surface area contributed by atoms with Gasteiger partial charge in [0.15, 0.2) is 0 Å². The largest absolute Gasteiger partial charge is 0.497 e. The van der Waals surface area contributed by atoms with Gasteiger partial charge in [0.2, 0.25) is 5.91 Å². The highest BCUT2D eigenvalue weighted by Crippen LogP contribution is 2.24. The third-order valence-corrected chi connectivity index (χ3v) is 4.85. The lowest BCUT2D eigenvalue weighted by Gasteiger charge is -2.16. The fourth-order valence-corrected chi connectivity index (χ4v) is 3.23. The lowest BCUT2D eigenvalue weighted by molar-refractivity contribution is -0.124. The van der Waals surface area contributed by atoms with Crippen LogP contribution in [-0.4, -0.2) is 34.5 Å². The molecule has 3 rings (SSSR count). The Bertz CT molecular complexity index is 1080. The van der Waals surface area contributed by atoms with Gasteiger partial charge in [-0.05, 0) is 32.0 Å². The van der Waals surface area contributed by atoms with E-state index in [1.54, 1.807) is 51.2 Å². The molecule has 0 saturated carbocycles. The summed E-state index contributed by atoms with van der Waals surface area (Å²) in [7, 11) is 4.87. The van der Waals surface area contributed by atoms with E-state index in [1.165, 1.54) is 4.57 Å². The van der Waals surface area contributed by atoms with Gasteiger partial charge in [-0.25, -0.2) is 0 Å². The average Bonchev–Trinajstić information content (AvgIpc) is 2.99. The number of fused-ring (bicyclic) bond motifs is 1. The van der Waals surface area contributed by atoms with Crippen LogP contribution in [0, 0.1) is 6.92 Å². The molecule has 1 N–H and O–H groups in total. The summed E-state index contributed by atoms with van der Waals surface area (Å²) in [6.07, 6.45) is 1.64. The molecule has 0 aliphatic heterocycles. The number of pyridine rings is 1. The van der Waals surface area contributed by atoms with Crippen LogP contribution in [0.2, 0.25) is 0 Å². The summed E-state index contributed by atoms with van der Waals surface area (Å²) in [6.45, 7) is 3.82. The molecule has 0 aliphatic carbocycles. The molecule has 1 amide bonds. The standard InChI is InChI=1S/C20H24N4O4/c1-12-16-8-9-24(20(26)18(16)23(3)22-12)13(2)19(25)21-11-14-6-7-15(27-4)10-17(14)28-5/h6-10,13H,11H2,1-5H3,(H,21,25). The van der Waals surface area contributed by atoms with Gasteiger partial charge in [-0.1, -0.05) is 0 Å². The molecular weight excluding hydrogens is 360 g/mol. The van der Waals surface area contributed by atoms with Gasteiger partial charge in [0.25, 0.3) is 5.56 Å². The SMILES string of the molecule is COc1ccc(CNC(=O)C(C)n2ccc3c(C)nn(C)c3c2=O)c(OC)c1. The van der Waals surface area contributed by atoms with E-state index >= 15 is 0 Å². The van der Waals surface area contributed by atoms with Gasteiger partial charge >= 0.3 is 0 Å². The second-order valence-electron chi connectivity index (χ2n) is 6.57. The molecule has 148 valence electrons. The number of aromatic nitrogens is 3. The van der Waals surface area contributed by atoms with E-state index in [0.717, 1.165) is 16.6 Å². The van der Waals surface area contributed by atoms with E-state index < -0.39 is 6.04 Å². The van der Waals surface area contributed by atoms with Crippen molar-refractivity contribution in [2.75, 3.05) is 14.2 Å². The first-order chi connectivity index (χ1) is 13.4. The normalized spacial score (nSPS) is 12.0. The number of benzene rings is 1. The second-order valence-corrected chi connectivity index (χ2v) is 6.57. The molecule has 1 atom stereocenters. The molecule has 0 bridgehead atoms. The van der Waals surface area contributed by atoms with Gasteiger partial charge < -0.3 is 19.4 Å². The molecule has 0 spiro atoms. The van der Waals surface area contributed by atoms with Crippen LogP contribution in [0.1, 0.15) is 24.2 Å². The van der Waals surface area contributed by atoms with E-state index in [-0.39, 0.29) is 18.0 Å². The van der Waals surface area contributed by atoms with Crippen molar-refractivity contribution in [3.63, 3.8) is 0 Å². The quantitative estimate of drug-likeness (QED) is 0.702. The molecule has 2 heterocycles. The molecule has 0 aliphatic rings. The number of amides is 1. The number of ether oxygens (including phenoxy) is 2. The zero-order valence-corrected chi connectivity index (χ0v) is 16.6. The topological polar surface area (TPSA) is 87.4 Å². The van der Waals surface area contributed by atoms with Gasteiger partial charge in [0, 0.05) is 36.8 Å². The molecule has 8 nitrogen and oxygen atoms in total. The maximum absolute atomic E-state index is 12.8. The van der Waals surface area contributed by atoms with Gasteiger partial charge in [0.1, 0.15) is 23.1 Å². The lowest BCUT2D eigenvalue weighted by atomic mass is 10.1. The number of hydrogen-bond acceptors (Lipinski definition) is 5. The number of rotatable bonds is 6. The van der Waals surface area contributed by atoms with Crippen LogP contribution in [0.25, 0.3) is 10.9 Å². The number of carbonyl (C=O) groups excluding carboxylic acids is 1. The van der Waals surface area contributed by atoms with Crippen LogP contribution in [-0.2, 0) is 18.4 Å². The third-order valence-electron chi connectivity index (χ3n) is 4.85. The number of nitrogens with one attached hydrogen (secondary N) is 1. The maximum atomic E-state index is 12.8. The number of methoxy groups -OCH3 is 2. The Kier molecular flexibility index (Phi) is 5.39. The highest BCUT2D eigenvalue weighted by molar-refractivity contribution is 5.83.